The molecule has 0 fully saturated rings. The lowest BCUT2D eigenvalue weighted by Gasteiger charge is -1.99. The molecule has 0 atom stereocenters. The van der Waals surface area contributed by atoms with E-state index in [4.69, 9.17) is 5.11 Å². The Morgan fingerprint density at radius 1 is 1.47 bits per heavy atom. The average molecular weight is 282 g/mol. The fourth-order valence-electron chi connectivity index (χ4n) is 1.33. The zero-order chi connectivity index (χ0) is 13.8. The molecule has 0 aliphatic heterocycles. The highest BCUT2D eigenvalue weighted by Gasteiger charge is 2.13. The Morgan fingerprint density at radius 2 is 2.26 bits per heavy atom. The SMILES string of the molecule is Cc1nnsc1C(=O)NCc1cn(CC(=O)O)nn1. The van der Waals surface area contributed by atoms with Crippen LogP contribution >= 0.6 is 11.5 Å². The van der Waals surface area contributed by atoms with Gasteiger partial charge >= 0.3 is 5.97 Å². The maximum absolute atomic E-state index is 11.8. The van der Waals surface area contributed by atoms with E-state index in [1.54, 1.807) is 6.92 Å². The second-order valence-corrected chi connectivity index (χ2v) is 4.43. The van der Waals surface area contributed by atoms with Gasteiger partial charge in [-0.1, -0.05) is 9.70 Å². The minimum Gasteiger partial charge on any atom is -0.480 e. The number of carbonyl (C=O) groups excluding carboxylic acids is 1. The Hall–Kier alpha value is -2.36. The minimum absolute atomic E-state index is 0.162. The van der Waals surface area contributed by atoms with Gasteiger partial charge in [-0.15, -0.1) is 10.2 Å². The summed E-state index contributed by atoms with van der Waals surface area (Å²) in [6.07, 6.45) is 1.46. The zero-order valence-corrected chi connectivity index (χ0v) is 10.7. The molecule has 2 aromatic heterocycles. The fourth-order valence-corrected chi connectivity index (χ4v) is 1.90. The number of hydrogen-bond donors (Lipinski definition) is 2. The van der Waals surface area contributed by atoms with Crippen LogP contribution in [0.5, 0.6) is 0 Å². The third-order valence-corrected chi connectivity index (χ3v) is 3.00. The second-order valence-electron chi connectivity index (χ2n) is 3.67. The monoisotopic (exact) mass is 282 g/mol. The molecule has 0 bridgehead atoms. The van der Waals surface area contributed by atoms with Crippen LogP contribution in [0.4, 0.5) is 0 Å². The van der Waals surface area contributed by atoms with Gasteiger partial charge in [-0.2, -0.15) is 0 Å². The molecule has 0 saturated heterocycles. The molecule has 0 aromatic carbocycles. The van der Waals surface area contributed by atoms with Crippen LogP contribution in [0, 0.1) is 6.92 Å². The topological polar surface area (TPSA) is 123 Å². The molecule has 0 unspecified atom stereocenters. The first-order chi connectivity index (χ1) is 9.06. The van der Waals surface area contributed by atoms with Crippen LogP contribution in [0.2, 0.25) is 0 Å². The lowest BCUT2D eigenvalue weighted by atomic mass is 10.3. The van der Waals surface area contributed by atoms with Crippen molar-refractivity contribution < 1.29 is 14.7 Å². The van der Waals surface area contributed by atoms with Crippen LogP contribution in [0.15, 0.2) is 6.20 Å². The fraction of sp³-hybridized carbons (Fsp3) is 0.333. The first-order valence-electron chi connectivity index (χ1n) is 5.24. The van der Waals surface area contributed by atoms with E-state index in [9.17, 15) is 9.59 Å². The van der Waals surface area contributed by atoms with Gasteiger partial charge in [0.25, 0.3) is 5.91 Å². The predicted molar refractivity (Wildman–Crippen MR) is 63.5 cm³/mol. The van der Waals surface area contributed by atoms with E-state index in [2.05, 4.69) is 25.2 Å². The second kappa shape index (κ2) is 5.52. The zero-order valence-electron chi connectivity index (χ0n) is 9.90. The molecule has 9 nitrogen and oxygen atoms in total. The Kier molecular flexibility index (Phi) is 3.80. The molecule has 10 heteroatoms. The van der Waals surface area contributed by atoms with Crippen molar-refractivity contribution >= 4 is 23.4 Å². The maximum Gasteiger partial charge on any atom is 0.325 e. The number of amides is 1. The van der Waals surface area contributed by atoms with Gasteiger partial charge in [0.1, 0.15) is 17.1 Å². The van der Waals surface area contributed by atoms with Gasteiger partial charge in [-0.05, 0) is 18.5 Å². The van der Waals surface area contributed by atoms with Crippen molar-refractivity contribution in [3.05, 3.63) is 22.5 Å². The van der Waals surface area contributed by atoms with Gasteiger partial charge in [0.2, 0.25) is 0 Å². The number of hydrogen-bond acceptors (Lipinski definition) is 7. The molecule has 1 amide bonds. The van der Waals surface area contributed by atoms with Crippen LogP contribution in [0.3, 0.4) is 0 Å². The smallest absolute Gasteiger partial charge is 0.325 e. The molecule has 100 valence electrons. The lowest BCUT2D eigenvalue weighted by molar-refractivity contribution is -0.137. The molecule has 19 heavy (non-hydrogen) atoms. The number of carboxylic acids is 1. The summed E-state index contributed by atoms with van der Waals surface area (Å²) in [6.45, 7) is 1.59. The average Bonchev–Trinajstić information content (AvgIpc) is 2.94. The van der Waals surface area contributed by atoms with Gasteiger partial charge in [0.05, 0.1) is 18.4 Å². The van der Waals surface area contributed by atoms with E-state index in [1.807, 2.05) is 0 Å². The molecule has 2 heterocycles. The number of carbonyl (C=O) groups is 2. The Bertz CT molecular complexity index is 607. The number of aryl methyl sites for hydroxylation is 1. The highest BCUT2D eigenvalue weighted by atomic mass is 32.1. The number of aliphatic carboxylic acids is 1. The van der Waals surface area contributed by atoms with Gasteiger partial charge in [0, 0.05) is 0 Å². The van der Waals surface area contributed by atoms with Gasteiger partial charge in [-0.3, -0.25) is 9.59 Å². The molecule has 0 spiro atoms. The third kappa shape index (κ3) is 3.31. The summed E-state index contributed by atoms with van der Waals surface area (Å²) in [5.41, 5.74) is 1.04. The van der Waals surface area contributed by atoms with E-state index in [0.29, 0.717) is 16.3 Å². The van der Waals surface area contributed by atoms with Crippen LogP contribution in [-0.2, 0) is 17.9 Å². The Morgan fingerprint density at radius 3 is 2.89 bits per heavy atom. The van der Waals surface area contributed by atoms with Crippen molar-refractivity contribution in [1.82, 2.24) is 29.9 Å². The molecule has 0 saturated carbocycles. The Labute approximate surface area is 111 Å². The highest BCUT2D eigenvalue weighted by Crippen LogP contribution is 2.08. The minimum atomic E-state index is -1.01. The molecule has 0 aliphatic carbocycles. The first-order valence-corrected chi connectivity index (χ1v) is 6.01. The Balaban J connectivity index is 1.92. The quantitative estimate of drug-likeness (QED) is 0.754. The largest absolute Gasteiger partial charge is 0.480 e. The van der Waals surface area contributed by atoms with Crippen molar-refractivity contribution in [3.63, 3.8) is 0 Å². The normalized spacial score (nSPS) is 10.4. The molecule has 2 rings (SSSR count). The van der Waals surface area contributed by atoms with E-state index in [1.165, 1.54) is 10.9 Å². The van der Waals surface area contributed by atoms with E-state index < -0.39 is 5.97 Å². The van der Waals surface area contributed by atoms with Crippen molar-refractivity contribution in [2.45, 2.75) is 20.0 Å². The molecule has 0 radical (unpaired) electrons. The van der Waals surface area contributed by atoms with E-state index >= 15 is 0 Å². The summed E-state index contributed by atoms with van der Waals surface area (Å²) in [5.74, 6) is -1.30. The highest BCUT2D eigenvalue weighted by molar-refractivity contribution is 7.07. The lowest BCUT2D eigenvalue weighted by Crippen LogP contribution is -2.22. The van der Waals surface area contributed by atoms with E-state index in [0.717, 1.165) is 11.5 Å². The summed E-state index contributed by atoms with van der Waals surface area (Å²) < 4.78 is 4.85. The molecular formula is C9H10N6O3S. The number of carboxylic acid groups (broad SMARTS) is 1. The molecular weight excluding hydrogens is 272 g/mol. The summed E-state index contributed by atoms with van der Waals surface area (Å²) >= 11 is 1.01. The standard InChI is InChI=1S/C9H10N6O3S/c1-5-8(19-14-11-5)9(18)10-2-6-3-15(13-12-6)4-7(16)17/h3H,2,4H2,1H3,(H,10,18)(H,16,17). The maximum atomic E-state index is 11.8. The molecule has 0 aliphatic rings. The van der Waals surface area contributed by atoms with Gasteiger partial charge in [-0.25, -0.2) is 4.68 Å². The third-order valence-electron chi connectivity index (χ3n) is 2.17. The van der Waals surface area contributed by atoms with Gasteiger partial charge < -0.3 is 10.4 Å². The van der Waals surface area contributed by atoms with Crippen LogP contribution < -0.4 is 5.32 Å². The number of aromatic nitrogens is 5. The van der Waals surface area contributed by atoms with Crippen molar-refractivity contribution in [1.29, 1.82) is 0 Å². The van der Waals surface area contributed by atoms with Crippen LogP contribution in [-0.4, -0.2) is 41.6 Å². The van der Waals surface area contributed by atoms with Crippen molar-refractivity contribution in [2.24, 2.45) is 0 Å². The number of nitrogens with one attached hydrogen (secondary N) is 1. The van der Waals surface area contributed by atoms with Crippen LogP contribution in [0.25, 0.3) is 0 Å². The molecule has 2 aromatic rings. The summed E-state index contributed by atoms with van der Waals surface area (Å²) in [6, 6.07) is 0. The number of nitrogens with zero attached hydrogens (tertiary/aromatic N) is 5. The molecule has 2 N–H and O–H groups in total. The van der Waals surface area contributed by atoms with Crippen molar-refractivity contribution in [3.8, 4) is 0 Å². The number of rotatable bonds is 5. The van der Waals surface area contributed by atoms with Gasteiger partial charge in [0.15, 0.2) is 0 Å². The van der Waals surface area contributed by atoms with E-state index in [-0.39, 0.29) is 19.0 Å². The van der Waals surface area contributed by atoms with Crippen molar-refractivity contribution in [2.75, 3.05) is 0 Å². The first kappa shape index (κ1) is 13.1. The summed E-state index contributed by atoms with van der Waals surface area (Å²) in [5, 5.41) is 22.3. The predicted octanol–water partition coefficient (Wildman–Crippen LogP) is -0.547. The summed E-state index contributed by atoms with van der Waals surface area (Å²) in [4.78, 5) is 22.7. The summed E-state index contributed by atoms with van der Waals surface area (Å²) in [7, 11) is 0. The van der Waals surface area contributed by atoms with Crippen LogP contribution in [0.1, 0.15) is 21.1 Å².